The molecule has 4 rings (SSSR count). The van der Waals surface area contributed by atoms with Crippen LogP contribution in [-0.2, 0) is 24.1 Å². The van der Waals surface area contributed by atoms with Gasteiger partial charge in [-0.15, -0.1) is 0 Å². The first-order chi connectivity index (χ1) is 14.6. The van der Waals surface area contributed by atoms with Crippen molar-refractivity contribution in [1.29, 1.82) is 0 Å². The molecule has 0 atom stereocenters. The number of aryl methyl sites for hydroxylation is 3. The van der Waals surface area contributed by atoms with Gasteiger partial charge in [0.1, 0.15) is 11.6 Å². The summed E-state index contributed by atoms with van der Waals surface area (Å²) in [5.74, 6) is 1.70. The van der Waals surface area contributed by atoms with Crippen molar-refractivity contribution in [3.8, 4) is 5.75 Å². The number of methoxy groups -OCH3 is 1. The molecule has 1 amide bonds. The van der Waals surface area contributed by atoms with E-state index in [1.165, 1.54) is 11.1 Å². The number of ether oxygens (including phenoxy) is 1. The largest absolute Gasteiger partial charge is 0.497 e. The lowest BCUT2D eigenvalue weighted by atomic mass is 10.1. The predicted octanol–water partition coefficient (Wildman–Crippen LogP) is 4.85. The van der Waals surface area contributed by atoms with Crippen molar-refractivity contribution >= 4 is 22.6 Å². The minimum Gasteiger partial charge on any atom is -0.497 e. The number of nitrogens with zero attached hydrogens (tertiary/aromatic N) is 1. The van der Waals surface area contributed by atoms with Gasteiger partial charge in [-0.25, -0.2) is 4.98 Å². The van der Waals surface area contributed by atoms with Crippen molar-refractivity contribution in [2.24, 2.45) is 0 Å². The Morgan fingerprint density at radius 1 is 1.00 bits per heavy atom. The fourth-order valence-corrected chi connectivity index (χ4v) is 3.49. The highest BCUT2D eigenvalue weighted by atomic mass is 16.5. The van der Waals surface area contributed by atoms with Crippen molar-refractivity contribution in [2.45, 2.75) is 26.2 Å². The predicted molar refractivity (Wildman–Crippen MR) is 120 cm³/mol. The zero-order chi connectivity index (χ0) is 20.9. The van der Waals surface area contributed by atoms with Gasteiger partial charge in [0.25, 0.3) is 0 Å². The molecule has 5 heteroatoms. The number of nitrogens with one attached hydrogen (secondary N) is 2. The normalized spacial score (nSPS) is 10.9. The Kier molecular flexibility index (Phi) is 5.80. The van der Waals surface area contributed by atoms with Crippen molar-refractivity contribution in [3.63, 3.8) is 0 Å². The topological polar surface area (TPSA) is 67.0 Å². The highest BCUT2D eigenvalue weighted by molar-refractivity contribution is 5.92. The Hall–Kier alpha value is -3.60. The van der Waals surface area contributed by atoms with Gasteiger partial charge in [0.05, 0.1) is 24.6 Å². The van der Waals surface area contributed by atoms with E-state index in [-0.39, 0.29) is 5.91 Å². The number of H-pyrrole nitrogens is 1. The van der Waals surface area contributed by atoms with Gasteiger partial charge in [-0.2, -0.15) is 0 Å². The summed E-state index contributed by atoms with van der Waals surface area (Å²) in [6.07, 6.45) is 2.04. The first-order valence-electron chi connectivity index (χ1n) is 10.1. The molecule has 0 radical (unpaired) electrons. The molecule has 1 aromatic heterocycles. The van der Waals surface area contributed by atoms with E-state index in [0.717, 1.165) is 46.7 Å². The van der Waals surface area contributed by atoms with Gasteiger partial charge in [-0.3, -0.25) is 4.79 Å². The van der Waals surface area contributed by atoms with Crippen LogP contribution in [0.15, 0.2) is 66.7 Å². The van der Waals surface area contributed by atoms with Gasteiger partial charge in [-0.1, -0.05) is 30.3 Å². The van der Waals surface area contributed by atoms with Gasteiger partial charge in [-0.05, 0) is 66.4 Å². The summed E-state index contributed by atoms with van der Waals surface area (Å²) in [4.78, 5) is 20.4. The van der Waals surface area contributed by atoms with Gasteiger partial charge in [0, 0.05) is 12.1 Å². The fraction of sp³-hybridized carbons (Fsp3) is 0.200. The van der Waals surface area contributed by atoms with E-state index < -0.39 is 0 Å². The Labute approximate surface area is 176 Å². The second-order valence-corrected chi connectivity index (χ2v) is 7.48. The molecule has 0 fully saturated rings. The number of fused-ring (bicyclic) bond motifs is 1. The van der Waals surface area contributed by atoms with Gasteiger partial charge >= 0.3 is 0 Å². The maximum atomic E-state index is 12.3. The van der Waals surface area contributed by atoms with Crippen LogP contribution in [0.5, 0.6) is 5.75 Å². The number of anilines is 1. The third-order valence-corrected chi connectivity index (χ3v) is 5.07. The van der Waals surface area contributed by atoms with Crippen LogP contribution in [0, 0.1) is 6.92 Å². The molecule has 0 aliphatic rings. The molecular weight excluding hydrogens is 374 g/mol. The Morgan fingerprint density at radius 2 is 1.83 bits per heavy atom. The highest BCUT2D eigenvalue weighted by Gasteiger charge is 2.07. The third kappa shape index (κ3) is 4.87. The number of hydrogen-bond donors (Lipinski definition) is 2. The number of carbonyl (C=O) groups is 1. The molecule has 2 N–H and O–H groups in total. The molecule has 1 heterocycles. The summed E-state index contributed by atoms with van der Waals surface area (Å²) in [5.41, 5.74) is 6.23. The third-order valence-electron chi connectivity index (χ3n) is 5.07. The Morgan fingerprint density at radius 3 is 2.63 bits per heavy atom. The minimum absolute atomic E-state index is 0.0476. The fourth-order valence-electron chi connectivity index (χ4n) is 3.49. The zero-order valence-corrected chi connectivity index (χ0v) is 17.2. The summed E-state index contributed by atoms with van der Waals surface area (Å²) in [6, 6.07) is 21.8. The van der Waals surface area contributed by atoms with Gasteiger partial charge < -0.3 is 15.0 Å². The smallest absolute Gasteiger partial charge is 0.228 e. The van der Waals surface area contributed by atoms with E-state index in [4.69, 9.17) is 4.74 Å². The average molecular weight is 399 g/mol. The Bertz CT molecular complexity index is 1160. The van der Waals surface area contributed by atoms with E-state index in [1.807, 2.05) is 54.6 Å². The molecule has 0 spiro atoms. The lowest BCUT2D eigenvalue weighted by Crippen LogP contribution is -2.14. The Balaban J connectivity index is 1.32. The molecule has 0 unspecified atom stereocenters. The van der Waals surface area contributed by atoms with E-state index >= 15 is 0 Å². The lowest BCUT2D eigenvalue weighted by molar-refractivity contribution is -0.115. The number of hydrogen-bond acceptors (Lipinski definition) is 3. The number of benzene rings is 3. The zero-order valence-electron chi connectivity index (χ0n) is 17.2. The highest BCUT2D eigenvalue weighted by Crippen LogP contribution is 2.17. The van der Waals surface area contributed by atoms with Crippen LogP contribution in [0.3, 0.4) is 0 Å². The van der Waals surface area contributed by atoms with Crippen LogP contribution in [-0.4, -0.2) is 23.0 Å². The van der Waals surface area contributed by atoms with Crippen LogP contribution in [0.4, 0.5) is 5.69 Å². The molecule has 0 saturated carbocycles. The van der Waals surface area contributed by atoms with Crippen molar-refractivity contribution in [3.05, 3.63) is 89.2 Å². The maximum absolute atomic E-state index is 12.3. The van der Waals surface area contributed by atoms with Crippen molar-refractivity contribution in [2.75, 3.05) is 12.4 Å². The number of aromatic nitrogens is 2. The molecule has 30 heavy (non-hydrogen) atoms. The SMILES string of the molecule is COc1cccc(CC(=O)Nc2ccc(CCc3nc4ccc(C)cc4[nH]3)cc2)c1. The van der Waals surface area contributed by atoms with E-state index in [9.17, 15) is 4.79 Å². The summed E-state index contributed by atoms with van der Waals surface area (Å²) in [5, 5.41) is 2.95. The first-order valence-corrected chi connectivity index (χ1v) is 10.1. The molecule has 152 valence electrons. The second kappa shape index (κ2) is 8.82. The van der Waals surface area contributed by atoms with Gasteiger partial charge in [0.2, 0.25) is 5.91 Å². The first kappa shape index (κ1) is 19.7. The summed E-state index contributed by atoms with van der Waals surface area (Å²) in [7, 11) is 1.62. The van der Waals surface area contributed by atoms with E-state index in [1.54, 1.807) is 7.11 Å². The number of aromatic amines is 1. The monoisotopic (exact) mass is 399 g/mol. The lowest BCUT2D eigenvalue weighted by Gasteiger charge is -2.08. The average Bonchev–Trinajstić information content (AvgIpc) is 3.15. The summed E-state index contributed by atoms with van der Waals surface area (Å²) in [6.45, 7) is 2.08. The minimum atomic E-state index is -0.0476. The van der Waals surface area contributed by atoms with Crippen LogP contribution < -0.4 is 10.1 Å². The van der Waals surface area contributed by atoms with E-state index in [2.05, 4.69) is 34.3 Å². The van der Waals surface area contributed by atoms with Crippen molar-refractivity contribution in [1.82, 2.24) is 9.97 Å². The number of amides is 1. The molecule has 0 bridgehead atoms. The maximum Gasteiger partial charge on any atom is 0.228 e. The van der Waals surface area contributed by atoms with Crippen LogP contribution in [0.25, 0.3) is 11.0 Å². The number of rotatable bonds is 7. The molecule has 0 aliphatic heterocycles. The van der Waals surface area contributed by atoms with Crippen LogP contribution >= 0.6 is 0 Å². The van der Waals surface area contributed by atoms with Crippen LogP contribution in [0.2, 0.25) is 0 Å². The number of carbonyl (C=O) groups excluding carboxylic acids is 1. The molecule has 5 nitrogen and oxygen atoms in total. The van der Waals surface area contributed by atoms with E-state index in [0.29, 0.717) is 6.42 Å². The van der Waals surface area contributed by atoms with Crippen molar-refractivity contribution < 1.29 is 9.53 Å². The second-order valence-electron chi connectivity index (χ2n) is 7.48. The molecular formula is C25H25N3O2. The van der Waals surface area contributed by atoms with Gasteiger partial charge in [0.15, 0.2) is 0 Å². The molecule has 3 aromatic carbocycles. The molecule has 0 aliphatic carbocycles. The molecule has 4 aromatic rings. The summed E-state index contributed by atoms with van der Waals surface area (Å²) < 4.78 is 5.21. The standard InChI is InChI=1S/C25H25N3O2/c1-17-6-12-22-23(14-17)28-24(27-22)13-9-18-7-10-20(11-8-18)26-25(29)16-19-4-3-5-21(15-19)30-2/h3-8,10-12,14-15H,9,13,16H2,1-2H3,(H,26,29)(H,27,28). The van der Waals surface area contributed by atoms with Crippen LogP contribution in [0.1, 0.15) is 22.5 Å². The molecule has 0 saturated heterocycles. The summed E-state index contributed by atoms with van der Waals surface area (Å²) >= 11 is 0. The quantitative estimate of drug-likeness (QED) is 0.467. The number of imidazole rings is 1.